The molecule has 2 aromatic rings. The van der Waals surface area contributed by atoms with Gasteiger partial charge in [-0.1, -0.05) is 35.9 Å². The lowest BCUT2D eigenvalue weighted by atomic mass is 10.1. The predicted octanol–water partition coefficient (Wildman–Crippen LogP) is 3.28. The number of hydrogen-bond donors (Lipinski definition) is 2. The number of halogens is 1. The number of benzene rings is 2. The molecule has 23 heavy (non-hydrogen) atoms. The molecule has 118 valence electrons. The summed E-state index contributed by atoms with van der Waals surface area (Å²) in [5.74, 6) is -0.272. The molecule has 0 unspecified atom stereocenters. The summed E-state index contributed by atoms with van der Waals surface area (Å²) < 4.78 is 0. The summed E-state index contributed by atoms with van der Waals surface area (Å²) >= 11 is 5.81. The maximum absolute atomic E-state index is 11.9. The summed E-state index contributed by atoms with van der Waals surface area (Å²) in [7, 11) is 1.60. The van der Waals surface area contributed by atoms with Crippen LogP contribution in [0, 0.1) is 0 Å². The van der Waals surface area contributed by atoms with Crippen LogP contribution in [0.25, 0.3) is 6.08 Å². The zero-order chi connectivity index (χ0) is 16.7. The van der Waals surface area contributed by atoms with Gasteiger partial charge in [-0.05, 0) is 41.5 Å². The van der Waals surface area contributed by atoms with Gasteiger partial charge in [-0.3, -0.25) is 9.59 Å². The van der Waals surface area contributed by atoms with Gasteiger partial charge in [-0.25, -0.2) is 0 Å². The maximum atomic E-state index is 11.9. The van der Waals surface area contributed by atoms with Crippen molar-refractivity contribution in [2.45, 2.75) is 6.42 Å². The van der Waals surface area contributed by atoms with E-state index < -0.39 is 0 Å². The van der Waals surface area contributed by atoms with Gasteiger partial charge >= 0.3 is 0 Å². The number of rotatable bonds is 5. The maximum Gasteiger partial charge on any atom is 0.248 e. The summed E-state index contributed by atoms with van der Waals surface area (Å²) in [4.78, 5) is 23.2. The number of carbonyl (C=O) groups excluding carboxylic acids is 2. The van der Waals surface area contributed by atoms with Crippen LogP contribution in [0.15, 0.2) is 54.6 Å². The van der Waals surface area contributed by atoms with Crippen molar-refractivity contribution in [2.75, 3.05) is 12.4 Å². The van der Waals surface area contributed by atoms with Crippen molar-refractivity contribution >= 4 is 35.2 Å². The van der Waals surface area contributed by atoms with Gasteiger partial charge in [-0.15, -0.1) is 0 Å². The van der Waals surface area contributed by atoms with Gasteiger partial charge in [-0.2, -0.15) is 0 Å². The zero-order valence-corrected chi connectivity index (χ0v) is 13.4. The van der Waals surface area contributed by atoms with Crippen LogP contribution in [0.2, 0.25) is 5.02 Å². The second-order valence-corrected chi connectivity index (χ2v) is 5.36. The summed E-state index contributed by atoms with van der Waals surface area (Å²) in [6.07, 6.45) is 3.49. The van der Waals surface area contributed by atoms with E-state index >= 15 is 0 Å². The van der Waals surface area contributed by atoms with Crippen LogP contribution < -0.4 is 10.6 Å². The highest BCUT2D eigenvalue weighted by molar-refractivity contribution is 6.30. The van der Waals surface area contributed by atoms with Crippen LogP contribution in [0.1, 0.15) is 11.1 Å². The van der Waals surface area contributed by atoms with E-state index in [1.165, 1.54) is 6.08 Å². The number of amides is 2. The van der Waals surface area contributed by atoms with E-state index in [-0.39, 0.29) is 11.8 Å². The van der Waals surface area contributed by atoms with Crippen LogP contribution in [0.3, 0.4) is 0 Å². The Balaban J connectivity index is 1.92. The Kier molecular flexibility index (Phi) is 5.94. The first-order valence-corrected chi connectivity index (χ1v) is 7.49. The van der Waals surface area contributed by atoms with Gasteiger partial charge in [0.15, 0.2) is 0 Å². The first kappa shape index (κ1) is 16.8. The monoisotopic (exact) mass is 328 g/mol. The molecule has 4 nitrogen and oxygen atoms in total. The first-order valence-electron chi connectivity index (χ1n) is 7.11. The smallest absolute Gasteiger partial charge is 0.248 e. The SMILES string of the molecule is CNC(=O)Cc1ccc(NC(=O)/C=C/c2ccc(Cl)cc2)cc1. The van der Waals surface area contributed by atoms with Crippen molar-refractivity contribution in [3.8, 4) is 0 Å². The molecular weight excluding hydrogens is 312 g/mol. The standard InChI is InChI=1S/C18H17ClN2O2/c1-20-18(23)12-14-4-9-16(10-5-14)21-17(22)11-6-13-2-7-15(19)8-3-13/h2-11H,12H2,1H3,(H,20,23)(H,21,22)/b11-6+. The Bertz CT molecular complexity index is 707. The average Bonchev–Trinajstić information content (AvgIpc) is 2.56. The van der Waals surface area contributed by atoms with Gasteiger partial charge in [0, 0.05) is 23.8 Å². The third-order valence-corrected chi connectivity index (χ3v) is 3.41. The Hall–Kier alpha value is -2.59. The molecular formula is C18H17ClN2O2. The number of carbonyl (C=O) groups is 2. The molecule has 0 saturated carbocycles. The molecule has 5 heteroatoms. The molecule has 2 aromatic carbocycles. The Morgan fingerprint density at radius 1 is 1.04 bits per heavy atom. The summed E-state index contributed by atoms with van der Waals surface area (Å²) in [6, 6.07) is 14.4. The zero-order valence-electron chi connectivity index (χ0n) is 12.7. The Morgan fingerprint density at radius 3 is 2.30 bits per heavy atom. The molecule has 0 aliphatic heterocycles. The van der Waals surface area contributed by atoms with Crippen LogP contribution in [0.4, 0.5) is 5.69 Å². The van der Waals surface area contributed by atoms with E-state index in [2.05, 4.69) is 10.6 Å². The number of anilines is 1. The molecule has 2 rings (SSSR count). The topological polar surface area (TPSA) is 58.2 Å². The van der Waals surface area contributed by atoms with Gasteiger partial charge < -0.3 is 10.6 Å². The normalized spacial score (nSPS) is 10.5. The van der Waals surface area contributed by atoms with Gasteiger partial charge in [0.25, 0.3) is 0 Å². The van der Waals surface area contributed by atoms with E-state index in [0.29, 0.717) is 17.1 Å². The van der Waals surface area contributed by atoms with Crippen molar-refractivity contribution in [3.63, 3.8) is 0 Å². The fourth-order valence-corrected chi connectivity index (χ4v) is 2.04. The van der Waals surface area contributed by atoms with Crippen molar-refractivity contribution in [1.82, 2.24) is 5.32 Å². The van der Waals surface area contributed by atoms with Crippen molar-refractivity contribution in [2.24, 2.45) is 0 Å². The molecule has 0 fully saturated rings. The third kappa shape index (κ3) is 5.60. The molecule has 0 spiro atoms. The minimum absolute atomic E-state index is 0.0484. The fraction of sp³-hybridized carbons (Fsp3) is 0.111. The molecule has 0 saturated heterocycles. The lowest BCUT2D eigenvalue weighted by Crippen LogP contribution is -2.19. The highest BCUT2D eigenvalue weighted by Gasteiger charge is 2.02. The van der Waals surface area contributed by atoms with Gasteiger partial charge in [0.2, 0.25) is 11.8 Å². The number of likely N-dealkylation sites (N-methyl/N-ethyl adjacent to an activating group) is 1. The lowest BCUT2D eigenvalue weighted by Gasteiger charge is -2.04. The van der Waals surface area contributed by atoms with E-state index in [0.717, 1.165) is 11.1 Å². The number of hydrogen-bond acceptors (Lipinski definition) is 2. The molecule has 2 amide bonds. The highest BCUT2D eigenvalue weighted by atomic mass is 35.5. The number of nitrogens with one attached hydrogen (secondary N) is 2. The Labute approximate surface area is 140 Å². The quantitative estimate of drug-likeness (QED) is 0.827. The minimum atomic E-state index is -0.223. The second-order valence-electron chi connectivity index (χ2n) is 4.92. The van der Waals surface area contributed by atoms with Gasteiger partial charge in [0.1, 0.15) is 0 Å². The predicted molar refractivity (Wildman–Crippen MR) is 93.3 cm³/mol. The Morgan fingerprint density at radius 2 is 1.70 bits per heavy atom. The van der Waals surface area contributed by atoms with Crippen molar-refractivity contribution in [3.05, 3.63) is 70.8 Å². The van der Waals surface area contributed by atoms with Crippen LogP contribution in [-0.4, -0.2) is 18.9 Å². The average molecular weight is 329 g/mol. The second kappa shape index (κ2) is 8.15. The van der Waals surface area contributed by atoms with E-state index in [1.54, 1.807) is 37.4 Å². The third-order valence-electron chi connectivity index (χ3n) is 3.16. The molecule has 2 N–H and O–H groups in total. The summed E-state index contributed by atoms with van der Waals surface area (Å²) in [5, 5.41) is 5.99. The molecule has 0 heterocycles. The van der Waals surface area contributed by atoms with Crippen molar-refractivity contribution in [1.29, 1.82) is 0 Å². The fourth-order valence-electron chi connectivity index (χ4n) is 1.91. The van der Waals surface area contributed by atoms with Gasteiger partial charge in [0.05, 0.1) is 6.42 Å². The molecule has 0 radical (unpaired) electrons. The summed E-state index contributed by atoms with van der Waals surface area (Å²) in [5.41, 5.74) is 2.46. The van der Waals surface area contributed by atoms with E-state index in [1.807, 2.05) is 24.3 Å². The summed E-state index contributed by atoms with van der Waals surface area (Å²) in [6.45, 7) is 0. The van der Waals surface area contributed by atoms with Crippen molar-refractivity contribution < 1.29 is 9.59 Å². The molecule has 0 aliphatic carbocycles. The van der Waals surface area contributed by atoms with Crippen LogP contribution >= 0.6 is 11.6 Å². The molecule has 0 aliphatic rings. The molecule has 0 aromatic heterocycles. The van der Waals surface area contributed by atoms with Crippen LogP contribution in [0.5, 0.6) is 0 Å². The highest BCUT2D eigenvalue weighted by Crippen LogP contribution is 2.12. The van der Waals surface area contributed by atoms with E-state index in [9.17, 15) is 9.59 Å². The first-order chi connectivity index (χ1) is 11.1. The van der Waals surface area contributed by atoms with Crippen LogP contribution in [-0.2, 0) is 16.0 Å². The van der Waals surface area contributed by atoms with E-state index in [4.69, 9.17) is 11.6 Å². The largest absolute Gasteiger partial charge is 0.359 e. The minimum Gasteiger partial charge on any atom is -0.359 e. The molecule has 0 atom stereocenters. The molecule has 0 bridgehead atoms. The lowest BCUT2D eigenvalue weighted by molar-refractivity contribution is -0.120.